The third-order valence-electron chi connectivity index (χ3n) is 3.61. The zero-order valence-electron chi connectivity index (χ0n) is 12.5. The van der Waals surface area contributed by atoms with E-state index in [0.717, 1.165) is 36.8 Å². The summed E-state index contributed by atoms with van der Waals surface area (Å²) in [5, 5.41) is 3.25. The third kappa shape index (κ3) is 3.36. The topological polar surface area (TPSA) is 74.5 Å². The number of nitrogens with one attached hydrogen (secondary N) is 1. The lowest BCUT2D eigenvalue weighted by atomic mass is 10.3. The van der Waals surface area contributed by atoms with Crippen molar-refractivity contribution in [1.29, 1.82) is 0 Å². The van der Waals surface area contributed by atoms with E-state index >= 15 is 0 Å². The fourth-order valence-electron chi connectivity index (χ4n) is 2.40. The number of hydrogen-bond donors (Lipinski definition) is 1. The van der Waals surface area contributed by atoms with Gasteiger partial charge < -0.3 is 19.5 Å². The number of furan rings is 1. The van der Waals surface area contributed by atoms with Crippen LogP contribution in [0.25, 0.3) is 0 Å². The largest absolute Gasteiger partial charge is 0.467 e. The summed E-state index contributed by atoms with van der Waals surface area (Å²) in [6.07, 6.45) is 2.55. The summed E-state index contributed by atoms with van der Waals surface area (Å²) in [5.74, 6) is 2.33. The summed E-state index contributed by atoms with van der Waals surface area (Å²) < 4.78 is 5.30. The molecule has 22 heavy (non-hydrogen) atoms. The van der Waals surface area contributed by atoms with Crippen molar-refractivity contribution in [2.75, 3.05) is 36.4 Å². The predicted molar refractivity (Wildman–Crippen MR) is 82.7 cm³/mol. The van der Waals surface area contributed by atoms with Gasteiger partial charge in [0.2, 0.25) is 12.4 Å². The highest BCUT2D eigenvalue weighted by Crippen LogP contribution is 2.16. The Balaban J connectivity index is 1.68. The molecule has 1 fully saturated rings. The summed E-state index contributed by atoms with van der Waals surface area (Å²) in [6, 6.07) is 5.69. The lowest BCUT2D eigenvalue weighted by Crippen LogP contribution is -2.46. The molecule has 1 aliphatic heterocycles. The number of rotatable bonds is 5. The lowest BCUT2D eigenvalue weighted by Gasteiger charge is -2.32. The molecule has 0 aliphatic carbocycles. The molecule has 2 aromatic rings. The zero-order chi connectivity index (χ0) is 15.4. The highest BCUT2D eigenvalue weighted by Gasteiger charge is 2.18. The molecule has 3 rings (SSSR count). The summed E-state index contributed by atoms with van der Waals surface area (Å²) in [7, 11) is 0. The molecular formula is C15H19N5O2. The first-order chi connectivity index (χ1) is 10.7. The second kappa shape index (κ2) is 6.46. The van der Waals surface area contributed by atoms with Crippen molar-refractivity contribution in [3.05, 3.63) is 35.9 Å². The Hall–Kier alpha value is -2.57. The monoisotopic (exact) mass is 301 g/mol. The van der Waals surface area contributed by atoms with Gasteiger partial charge in [-0.1, -0.05) is 0 Å². The second-order valence-corrected chi connectivity index (χ2v) is 5.26. The molecule has 7 nitrogen and oxygen atoms in total. The van der Waals surface area contributed by atoms with E-state index in [1.54, 1.807) is 11.2 Å². The first kappa shape index (κ1) is 14.4. The molecule has 0 spiro atoms. The number of carbonyl (C=O) groups is 1. The van der Waals surface area contributed by atoms with E-state index in [2.05, 4.69) is 20.2 Å². The van der Waals surface area contributed by atoms with Gasteiger partial charge in [0.15, 0.2) is 0 Å². The number of amides is 1. The smallest absolute Gasteiger partial charge is 0.227 e. The number of nitrogens with zero attached hydrogens (tertiary/aromatic N) is 4. The SMILES string of the molecule is Cc1cc(NCc2ccco2)nc(N2CCN(C=O)CC2)n1. The first-order valence-electron chi connectivity index (χ1n) is 7.31. The first-order valence-corrected chi connectivity index (χ1v) is 7.31. The molecule has 0 bridgehead atoms. The highest BCUT2D eigenvalue weighted by atomic mass is 16.3. The van der Waals surface area contributed by atoms with E-state index in [1.165, 1.54) is 0 Å². The van der Waals surface area contributed by atoms with Crippen molar-refractivity contribution in [2.45, 2.75) is 13.5 Å². The van der Waals surface area contributed by atoms with Crippen LogP contribution in [0, 0.1) is 6.92 Å². The molecule has 1 saturated heterocycles. The molecule has 0 radical (unpaired) electrons. The van der Waals surface area contributed by atoms with Gasteiger partial charge in [-0.05, 0) is 19.1 Å². The molecule has 1 aliphatic rings. The molecule has 116 valence electrons. The minimum absolute atomic E-state index is 0.585. The van der Waals surface area contributed by atoms with Gasteiger partial charge in [-0.15, -0.1) is 0 Å². The Labute approximate surface area is 129 Å². The predicted octanol–water partition coefficient (Wildman–Crippen LogP) is 1.27. The van der Waals surface area contributed by atoms with E-state index in [1.807, 2.05) is 25.1 Å². The van der Waals surface area contributed by atoms with Crippen LogP contribution in [0.5, 0.6) is 0 Å². The standard InChI is InChI=1S/C15H19N5O2/c1-12-9-14(16-10-13-3-2-8-22-13)18-15(17-12)20-6-4-19(11-21)5-7-20/h2-3,8-9,11H,4-7,10H2,1H3,(H,16,17,18). The van der Waals surface area contributed by atoms with Crippen LogP contribution >= 0.6 is 0 Å². The maximum Gasteiger partial charge on any atom is 0.227 e. The van der Waals surface area contributed by atoms with Gasteiger partial charge in [0.25, 0.3) is 0 Å². The van der Waals surface area contributed by atoms with Crippen LogP contribution in [-0.4, -0.2) is 47.5 Å². The number of piperazine rings is 1. The molecule has 7 heteroatoms. The van der Waals surface area contributed by atoms with E-state index < -0.39 is 0 Å². The minimum Gasteiger partial charge on any atom is -0.467 e. The normalized spacial score (nSPS) is 15.0. The van der Waals surface area contributed by atoms with Crippen molar-refractivity contribution >= 4 is 18.2 Å². The van der Waals surface area contributed by atoms with Crippen LogP contribution in [0.1, 0.15) is 11.5 Å². The molecule has 0 unspecified atom stereocenters. The van der Waals surface area contributed by atoms with Crippen LogP contribution in [0.3, 0.4) is 0 Å². The maximum absolute atomic E-state index is 10.8. The summed E-state index contributed by atoms with van der Waals surface area (Å²) in [5.41, 5.74) is 0.907. The van der Waals surface area contributed by atoms with Crippen molar-refractivity contribution < 1.29 is 9.21 Å². The number of hydrogen-bond acceptors (Lipinski definition) is 6. The van der Waals surface area contributed by atoms with Crippen molar-refractivity contribution in [3.63, 3.8) is 0 Å². The molecule has 0 atom stereocenters. The molecule has 2 aromatic heterocycles. The van der Waals surface area contributed by atoms with Crippen molar-refractivity contribution in [3.8, 4) is 0 Å². The quantitative estimate of drug-likeness (QED) is 0.838. The van der Waals surface area contributed by atoms with Crippen LogP contribution in [0.15, 0.2) is 28.9 Å². The van der Waals surface area contributed by atoms with E-state index in [9.17, 15) is 4.79 Å². The fourth-order valence-corrected chi connectivity index (χ4v) is 2.40. The van der Waals surface area contributed by atoms with E-state index in [-0.39, 0.29) is 0 Å². The van der Waals surface area contributed by atoms with Gasteiger partial charge >= 0.3 is 0 Å². The number of carbonyl (C=O) groups excluding carboxylic acids is 1. The fraction of sp³-hybridized carbons (Fsp3) is 0.400. The molecule has 1 N–H and O–H groups in total. The Morgan fingerprint density at radius 3 is 2.82 bits per heavy atom. The molecule has 0 aromatic carbocycles. The lowest BCUT2D eigenvalue weighted by molar-refractivity contribution is -0.118. The Morgan fingerprint density at radius 2 is 2.14 bits per heavy atom. The number of aromatic nitrogens is 2. The Morgan fingerprint density at radius 1 is 1.32 bits per heavy atom. The third-order valence-corrected chi connectivity index (χ3v) is 3.61. The van der Waals surface area contributed by atoms with Crippen molar-refractivity contribution in [1.82, 2.24) is 14.9 Å². The van der Waals surface area contributed by atoms with Gasteiger partial charge in [-0.25, -0.2) is 4.98 Å². The minimum atomic E-state index is 0.585. The van der Waals surface area contributed by atoms with E-state index in [0.29, 0.717) is 25.6 Å². The van der Waals surface area contributed by atoms with Gasteiger partial charge in [0.05, 0.1) is 12.8 Å². The average Bonchev–Trinajstić information content (AvgIpc) is 3.06. The summed E-state index contributed by atoms with van der Waals surface area (Å²) >= 11 is 0. The Kier molecular flexibility index (Phi) is 4.22. The second-order valence-electron chi connectivity index (χ2n) is 5.26. The Bertz CT molecular complexity index is 621. The van der Waals surface area contributed by atoms with Gasteiger partial charge in [-0.2, -0.15) is 4.98 Å². The van der Waals surface area contributed by atoms with Gasteiger partial charge in [0, 0.05) is 37.9 Å². The van der Waals surface area contributed by atoms with Gasteiger partial charge in [-0.3, -0.25) is 4.79 Å². The van der Waals surface area contributed by atoms with Crippen LogP contribution < -0.4 is 10.2 Å². The number of aryl methyl sites for hydroxylation is 1. The molecular weight excluding hydrogens is 282 g/mol. The van der Waals surface area contributed by atoms with Gasteiger partial charge in [0.1, 0.15) is 11.6 Å². The maximum atomic E-state index is 10.8. The molecule has 1 amide bonds. The molecule has 3 heterocycles. The highest BCUT2D eigenvalue weighted by molar-refractivity contribution is 5.49. The van der Waals surface area contributed by atoms with Crippen molar-refractivity contribution in [2.24, 2.45) is 0 Å². The molecule has 0 saturated carbocycles. The number of anilines is 2. The summed E-state index contributed by atoms with van der Waals surface area (Å²) in [6.45, 7) is 5.44. The van der Waals surface area contributed by atoms with E-state index in [4.69, 9.17) is 4.42 Å². The van der Waals surface area contributed by atoms with Crippen LogP contribution in [0.2, 0.25) is 0 Å². The average molecular weight is 301 g/mol. The van der Waals surface area contributed by atoms with Crippen LogP contribution in [-0.2, 0) is 11.3 Å². The van der Waals surface area contributed by atoms with Crippen LogP contribution in [0.4, 0.5) is 11.8 Å². The zero-order valence-corrected chi connectivity index (χ0v) is 12.5. The summed E-state index contributed by atoms with van der Waals surface area (Å²) in [4.78, 5) is 23.7.